The van der Waals surface area contributed by atoms with Crippen LogP contribution in [0.3, 0.4) is 0 Å². The maximum atomic E-state index is 12.1. The van der Waals surface area contributed by atoms with E-state index in [-0.39, 0.29) is 6.04 Å². The number of amides is 1. The Morgan fingerprint density at radius 1 is 1.65 bits per heavy atom. The van der Waals surface area contributed by atoms with Crippen LogP contribution in [-0.4, -0.2) is 54.5 Å². The number of alkyl halides is 2. The number of hydrogen-bond acceptors (Lipinski definition) is 3. The van der Waals surface area contributed by atoms with Gasteiger partial charge < -0.3 is 15.2 Å². The van der Waals surface area contributed by atoms with Crippen LogP contribution in [0.5, 0.6) is 0 Å². The summed E-state index contributed by atoms with van der Waals surface area (Å²) in [5, 5.41) is 10.9. The molecule has 0 aromatic carbocycles. The summed E-state index contributed by atoms with van der Waals surface area (Å²) >= 11 is 0. The van der Waals surface area contributed by atoms with Crippen molar-refractivity contribution in [1.82, 2.24) is 10.2 Å². The number of carboxylic acid groups (broad SMARTS) is 1. The number of likely N-dealkylation sites (tertiary alicyclic amines) is 1. The largest absolute Gasteiger partial charge is 0.465 e. The van der Waals surface area contributed by atoms with Gasteiger partial charge in [0.1, 0.15) is 0 Å². The van der Waals surface area contributed by atoms with E-state index in [4.69, 9.17) is 5.11 Å². The van der Waals surface area contributed by atoms with Gasteiger partial charge in [0, 0.05) is 19.1 Å². The number of nitrogens with zero attached hydrogens (tertiary/aromatic N) is 1. The second-order valence-corrected chi connectivity index (χ2v) is 4.27. The molecule has 0 radical (unpaired) electrons. The van der Waals surface area contributed by atoms with Gasteiger partial charge >= 0.3 is 12.7 Å². The Bertz CT molecular complexity index is 254. The number of carbonyl (C=O) groups is 1. The van der Waals surface area contributed by atoms with E-state index >= 15 is 0 Å². The highest BCUT2D eigenvalue weighted by Crippen LogP contribution is 2.15. The van der Waals surface area contributed by atoms with E-state index < -0.39 is 18.8 Å². The molecule has 0 spiro atoms. The Balaban J connectivity index is 2.31. The molecule has 1 fully saturated rings. The van der Waals surface area contributed by atoms with Crippen molar-refractivity contribution >= 4 is 6.09 Å². The molecule has 100 valence electrons. The fourth-order valence-electron chi connectivity index (χ4n) is 2.08. The Kier molecular flexibility index (Phi) is 5.57. The lowest BCUT2D eigenvalue weighted by atomic mass is 10.1. The molecule has 7 heteroatoms. The maximum absolute atomic E-state index is 12.1. The standard InChI is InChI=1S/C10H18F2N2O3/c1-7(13-10(15)16)5-14-4-2-3-8(6-14)17-9(11)12/h7-9,13H,2-6H2,1H3,(H,15,16)/t7-,8?/m1/s1. The second kappa shape index (κ2) is 6.70. The van der Waals surface area contributed by atoms with Crippen LogP contribution >= 0.6 is 0 Å². The Morgan fingerprint density at radius 3 is 2.94 bits per heavy atom. The third kappa shape index (κ3) is 5.78. The number of nitrogens with one attached hydrogen (secondary N) is 1. The van der Waals surface area contributed by atoms with Crippen molar-refractivity contribution in [2.45, 2.75) is 38.5 Å². The molecule has 5 nitrogen and oxygen atoms in total. The zero-order valence-corrected chi connectivity index (χ0v) is 9.73. The van der Waals surface area contributed by atoms with Crippen molar-refractivity contribution in [2.24, 2.45) is 0 Å². The minimum absolute atomic E-state index is 0.224. The first-order valence-corrected chi connectivity index (χ1v) is 5.63. The quantitative estimate of drug-likeness (QED) is 0.775. The van der Waals surface area contributed by atoms with E-state index in [2.05, 4.69) is 10.1 Å². The van der Waals surface area contributed by atoms with Gasteiger partial charge in [-0.3, -0.25) is 4.90 Å². The van der Waals surface area contributed by atoms with E-state index in [0.717, 1.165) is 13.0 Å². The molecule has 1 aliphatic rings. The molecule has 1 amide bonds. The first-order valence-electron chi connectivity index (χ1n) is 5.63. The Morgan fingerprint density at radius 2 is 2.35 bits per heavy atom. The number of piperidine rings is 1. The highest BCUT2D eigenvalue weighted by molar-refractivity contribution is 5.64. The first kappa shape index (κ1) is 14.1. The van der Waals surface area contributed by atoms with Crippen LogP contribution in [-0.2, 0) is 4.74 Å². The fourth-order valence-corrected chi connectivity index (χ4v) is 2.08. The summed E-state index contributed by atoms with van der Waals surface area (Å²) in [6.45, 7) is 0.723. The lowest BCUT2D eigenvalue weighted by Gasteiger charge is -2.33. The molecular weight excluding hydrogens is 234 g/mol. The van der Waals surface area contributed by atoms with Gasteiger partial charge in [0.2, 0.25) is 0 Å². The van der Waals surface area contributed by atoms with Gasteiger partial charge in [-0.05, 0) is 26.3 Å². The monoisotopic (exact) mass is 252 g/mol. The van der Waals surface area contributed by atoms with Gasteiger partial charge in [-0.1, -0.05) is 0 Å². The van der Waals surface area contributed by atoms with Gasteiger partial charge in [-0.25, -0.2) is 4.79 Å². The third-order valence-electron chi connectivity index (χ3n) is 2.66. The zero-order chi connectivity index (χ0) is 12.8. The van der Waals surface area contributed by atoms with Crippen molar-refractivity contribution in [2.75, 3.05) is 19.6 Å². The Hall–Kier alpha value is -0.950. The van der Waals surface area contributed by atoms with Crippen molar-refractivity contribution < 1.29 is 23.4 Å². The van der Waals surface area contributed by atoms with Crippen molar-refractivity contribution in [3.8, 4) is 0 Å². The molecule has 0 bridgehead atoms. The number of ether oxygens (including phenoxy) is 1. The molecule has 0 aromatic heterocycles. The van der Waals surface area contributed by atoms with Gasteiger partial charge in [-0.15, -0.1) is 0 Å². The number of halogens is 2. The molecule has 0 aliphatic carbocycles. The van der Waals surface area contributed by atoms with E-state index in [9.17, 15) is 13.6 Å². The molecular formula is C10H18F2N2O3. The van der Waals surface area contributed by atoms with Crippen molar-refractivity contribution in [1.29, 1.82) is 0 Å². The minimum atomic E-state index is -2.74. The molecule has 0 aromatic rings. The van der Waals surface area contributed by atoms with Crippen molar-refractivity contribution in [3.05, 3.63) is 0 Å². The summed E-state index contributed by atoms with van der Waals surface area (Å²) in [6, 6.07) is -0.224. The highest BCUT2D eigenvalue weighted by atomic mass is 19.3. The summed E-state index contributed by atoms with van der Waals surface area (Å²) < 4.78 is 28.6. The first-order chi connectivity index (χ1) is 7.97. The van der Waals surface area contributed by atoms with Crippen LogP contribution in [0.2, 0.25) is 0 Å². The number of hydrogen-bond donors (Lipinski definition) is 2. The van der Waals surface area contributed by atoms with E-state index in [0.29, 0.717) is 19.5 Å². The van der Waals surface area contributed by atoms with Gasteiger partial charge in [0.25, 0.3) is 0 Å². The van der Waals surface area contributed by atoms with Crippen LogP contribution in [0.1, 0.15) is 19.8 Å². The van der Waals surface area contributed by atoms with Crippen LogP contribution in [0.25, 0.3) is 0 Å². The molecule has 1 rings (SSSR count). The van der Waals surface area contributed by atoms with E-state index in [1.807, 2.05) is 4.90 Å². The van der Waals surface area contributed by atoms with E-state index in [1.54, 1.807) is 6.92 Å². The van der Waals surface area contributed by atoms with E-state index in [1.165, 1.54) is 0 Å². The van der Waals surface area contributed by atoms with Crippen LogP contribution in [0.4, 0.5) is 13.6 Å². The summed E-state index contributed by atoms with van der Waals surface area (Å²) in [4.78, 5) is 12.3. The average Bonchev–Trinajstić information content (AvgIpc) is 2.14. The molecule has 0 saturated carbocycles. The molecule has 2 N–H and O–H groups in total. The summed E-state index contributed by atoms with van der Waals surface area (Å²) in [6.07, 6.45) is -0.116. The highest BCUT2D eigenvalue weighted by Gasteiger charge is 2.24. The molecule has 2 atom stereocenters. The molecule has 1 saturated heterocycles. The average molecular weight is 252 g/mol. The lowest BCUT2D eigenvalue weighted by Crippen LogP contribution is -2.47. The maximum Gasteiger partial charge on any atom is 0.404 e. The van der Waals surface area contributed by atoms with Crippen LogP contribution < -0.4 is 5.32 Å². The second-order valence-electron chi connectivity index (χ2n) is 4.27. The SMILES string of the molecule is C[C@H](CN1CCCC(OC(F)F)C1)NC(=O)O. The van der Waals surface area contributed by atoms with Gasteiger partial charge in [-0.2, -0.15) is 8.78 Å². The fraction of sp³-hybridized carbons (Fsp3) is 0.900. The number of rotatable bonds is 5. The third-order valence-corrected chi connectivity index (χ3v) is 2.66. The van der Waals surface area contributed by atoms with Gasteiger partial charge in [0.05, 0.1) is 6.10 Å². The minimum Gasteiger partial charge on any atom is -0.465 e. The molecule has 1 heterocycles. The lowest BCUT2D eigenvalue weighted by molar-refractivity contribution is -0.174. The summed E-state index contributed by atoms with van der Waals surface area (Å²) in [5.74, 6) is 0. The normalized spacial score (nSPS) is 23.6. The predicted octanol–water partition coefficient (Wildman–Crippen LogP) is 1.35. The summed E-state index contributed by atoms with van der Waals surface area (Å²) in [5.41, 5.74) is 0. The molecule has 1 unspecified atom stereocenters. The van der Waals surface area contributed by atoms with Crippen molar-refractivity contribution in [3.63, 3.8) is 0 Å². The van der Waals surface area contributed by atoms with Crippen LogP contribution in [0, 0.1) is 0 Å². The predicted molar refractivity (Wildman–Crippen MR) is 57.2 cm³/mol. The summed E-state index contributed by atoms with van der Waals surface area (Å²) in [7, 11) is 0. The smallest absolute Gasteiger partial charge is 0.404 e. The Labute approximate surface area is 98.7 Å². The molecule has 1 aliphatic heterocycles. The topological polar surface area (TPSA) is 61.8 Å². The van der Waals surface area contributed by atoms with Gasteiger partial charge in [0.15, 0.2) is 0 Å². The van der Waals surface area contributed by atoms with Crippen LogP contribution in [0.15, 0.2) is 0 Å². The zero-order valence-electron chi connectivity index (χ0n) is 9.73. The molecule has 17 heavy (non-hydrogen) atoms.